The largest absolute Gasteiger partial charge is 0.448 e. The van der Waals surface area contributed by atoms with Gasteiger partial charge in [0.2, 0.25) is 0 Å². The first-order valence-electron chi connectivity index (χ1n) is 15.7. The second-order valence-electron chi connectivity index (χ2n) is 12.3. The van der Waals surface area contributed by atoms with Crippen LogP contribution in [0.2, 0.25) is 0 Å². The van der Waals surface area contributed by atoms with Crippen molar-refractivity contribution in [1.29, 1.82) is 0 Å². The van der Waals surface area contributed by atoms with Crippen molar-refractivity contribution in [3.63, 3.8) is 0 Å². The smallest absolute Gasteiger partial charge is 0.413 e. The third-order valence-corrected chi connectivity index (χ3v) is 10.0. The van der Waals surface area contributed by atoms with Gasteiger partial charge in [-0.2, -0.15) is 11.8 Å². The monoisotopic (exact) mass is 751 g/mol. The maximum Gasteiger partial charge on any atom is 0.413 e. The molecule has 3 heterocycles. The zero-order valence-electron chi connectivity index (χ0n) is 28.2. The van der Waals surface area contributed by atoms with Crippen molar-refractivity contribution in [2.75, 3.05) is 29.7 Å². The Morgan fingerprint density at radius 3 is 2.31 bits per heavy atom. The maximum absolute atomic E-state index is 14.0. The molecule has 0 spiro atoms. The van der Waals surface area contributed by atoms with E-state index in [0.29, 0.717) is 28.1 Å². The molecule has 0 radical (unpaired) electrons. The van der Waals surface area contributed by atoms with Crippen LogP contribution in [0.5, 0.6) is 0 Å². The van der Waals surface area contributed by atoms with E-state index >= 15 is 0 Å². The highest BCUT2D eigenvalue weighted by Gasteiger charge is 2.55. The van der Waals surface area contributed by atoms with Gasteiger partial charge in [0.05, 0.1) is 11.3 Å². The maximum atomic E-state index is 14.0. The normalized spacial score (nSPS) is 17.3. The molecule has 268 valence electrons. The van der Waals surface area contributed by atoms with E-state index in [-0.39, 0.29) is 28.8 Å². The Morgan fingerprint density at radius 2 is 1.73 bits per heavy atom. The zero-order chi connectivity index (χ0) is 36.7. The lowest BCUT2D eigenvalue weighted by molar-refractivity contribution is -0.154. The summed E-state index contributed by atoms with van der Waals surface area (Å²) in [6.07, 6.45) is 1.05. The van der Waals surface area contributed by atoms with Crippen molar-refractivity contribution < 1.29 is 38.2 Å². The Balaban J connectivity index is 1.36. The number of hydrogen-bond acceptors (Lipinski definition) is 12. The highest BCUT2D eigenvalue weighted by atomic mass is 32.2. The molecule has 51 heavy (non-hydrogen) atoms. The summed E-state index contributed by atoms with van der Waals surface area (Å²) in [7, 11) is 0. The van der Waals surface area contributed by atoms with Crippen LogP contribution in [-0.2, 0) is 28.6 Å². The highest BCUT2D eigenvalue weighted by molar-refractivity contribution is 8.00. The fraction of sp³-hybridized carbons (Fsp3) is 0.314. The highest BCUT2D eigenvalue weighted by Crippen LogP contribution is 2.42. The molecule has 0 saturated carbocycles. The van der Waals surface area contributed by atoms with Crippen LogP contribution in [0.3, 0.4) is 0 Å². The number of benzene rings is 2. The van der Waals surface area contributed by atoms with Gasteiger partial charge in [-0.25, -0.2) is 19.4 Å². The summed E-state index contributed by atoms with van der Waals surface area (Å²) in [6, 6.07) is 17.3. The number of aromatic nitrogens is 1. The summed E-state index contributed by atoms with van der Waals surface area (Å²) in [4.78, 5) is 71.0. The summed E-state index contributed by atoms with van der Waals surface area (Å²) >= 11 is 3.90. The molecule has 16 heteroatoms. The van der Waals surface area contributed by atoms with Crippen molar-refractivity contribution >= 4 is 75.5 Å². The van der Waals surface area contributed by atoms with Crippen molar-refractivity contribution in [1.82, 2.24) is 15.2 Å². The number of β-lactam (4-membered cyclic amide) rings is 1. The van der Waals surface area contributed by atoms with Crippen molar-refractivity contribution in [2.45, 2.75) is 43.9 Å². The molecule has 3 aromatic rings. The third kappa shape index (κ3) is 9.31. The van der Waals surface area contributed by atoms with Crippen molar-refractivity contribution in [2.24, 2.45) is 5.73 Å². The molecule has 0 bridgehead atoms. The number of carbonyl (C=O) groups is 5. The minimum Gasteiger partial charge on any atom is -0.448 e. The Kier molecular flexibility index (Phi) is 12.1. The molecule has 1 aromatic heterocycles. The van der Waals surface area contributed by atoms with E-state index in [4.69, 9.17) is 19.9 Å². The average Bonchev–Trinajstić information content (AvgIpc) is 3.55. The minimum absolute atomic E-state index is 0.0668. The Bertz CT molecular complexity index is 1800. The van der Waals surface area contributed by atoms with Gasteiger partial charge >= 0.3 is 18.2 Å². The SMILES string of the molecule is CSC/C=C(\C(=O)N[C@@H]1C(=O)N2C(C(=O)OC(c3ccccc3)c3ccccc3)=C(COC(N)=O)CS[C@H]12)c1csc(NC(=O)OC(C)(C)C)n1. The van der Waals surface area contributed by atoms with Crippen LogP contribution in [0, 0.1) is 0 Å². The molecule has 2 aliphatic heterocycles. The van der Waals surface area contributed by atoms with Gasteiger partial charge in [-0.3, -0.25) is 19.8 Å². The molecule has 5 rings (SSSR count). The van der Waals surface area contributed by atoms with E-state index < -0.39 is 53.1 Å². The van der Waals surface area contributed by atoms with Gasteiger partial charge in [0.15, 0.2) is 11.2 Å². The zero-order valence-corrected chi connectivity index (χ0v) is 30.7. The van der Waals surface area contributed by atoms with Gasteiger partial charge in [0.1, 0.15) is 29.3 Å². The molecule has 4 amide bonds. The Hall–Kier alpha value is -4.80. The first-order chi connectivity index (χ1) is 24.4. The van der Waals surface area contributed by atoms with E-state index in [1.165, 1.54) is 28.4 Å². The number of hydrogen-bond donors (Lipinski definition) is 3. The van der Waals surface area contributed by atoms with Crippen LogP contribution in [0.15, 0.2) is 83.4 Å². The lowest BCUT2D eigenvalue weighted by Crippen LogP contribution is -2.70. The second kappa shape index (κ2) is 16.5. The molecule has 13 nitrogen and oxygen atoms in total. The van der Waals surface area contributed by atoms with E-state index in [1.54, 1.807) is 32.2 Å². The van der Waals surface area contributed by atoms with Gasteiger partial charge in [0.25, 0.3) is 11.8 Å². The van der Waals surface area contributed by atoms with Gasteiger partial charge < -0.3 is 25.3 Å². The van der Waals surface area contributed by atoms with Gasteiger partial charge in [-0.05, 0) is 38.2 Å². The van der Waals surface area contributed by atoms with Gasteiger partial charge in [0, 0.05) is 22.5 Å². The first kappa shape index (κ1) is 37.5. The quantitative estimate of drug-likeness (QED) is 0.0944. The van der Waals surface area contributed by atoms with Gasteiger partial charge in [-0.15, -0.1) is 23.1 Å². The molecule has 1 saturated heterocycles. The molecule has 2 atom stereocenters. The number of esters is 1. The van der Waals surface area contributed by atoms with E-state index in [1.807, 2.05) is 66.9 Å². The molecule has 0 aliphatic carbocycles. The van der Waals surface area contributed by atoms with Crippen LogP contribution >= 0.6 is 34.9 Å². The number of fused-ring (bicyclic) bond motifs is 1. The molecule has 2 aromatic carbocycles. The topological polar surface area (TPSA) is 179 Å². The lowest BCUT2D eigenvalue weighted by Gasteiger charge is -2.49. The number of anilines is 1. The summed E-state index contributed by atoms with van der Waals surface area (Å²) in [5, 5.41) is 6.60. The first-order valence-corrected chi connectivity index (χ1v) is 19.0. The van der Waals surface area contributed by atoms with Crippen molar-refractivity contribution in [3.8, 4) is 0 Å². The second-order valence-corrected chi connectivity index (χ2v) is 15.1. The number of nitrogens with zero attached hydrogens (tertiary/aromatic N) is 2. The third-order valence-electron chi connectivity index (χ3n) is 7.43. The minimum atomic E-state index is -1.04. The number of thiazole rings is 1. The molecule has 4 N–H and O–H groups in total. The molecular formula is C35H37N5O8S3. The fourth-order valence-electron chi connectivity index (χ4n) is 5.23. The summed E-state index contributed by atoms with van der Waals surface area (Å²) in [5.74, 6) is -1.23. The predicted octanol–water partition coefficient (Wildman–Crippen LogP) is 5.32. The van der Waals surface area contributed by atoms with Crippen molar-refractivity contribution in [3.05, 3.63) is 100 Å². The Labute approximate surface area is 307 Å². The van der Waals surface area contributed by atoms with Crippen LogP contribution in [0.1, 0.15) is 43.7 Å². The number of rotatable bonds is 12. The number of nitrogens with one attached hydrogen (secondary N) is 2. The molecule has 1 fully saturated rings. The molecule has 0 unspecified atom stereocenters. The molecular weight excluding hydrogens is 715 g/mol. The van der Waals surface area contributed by atoms with Crippen LogP contribution in [0.25, 0.3) is 5.57 Å². The number of amides is 4. The lowest BCUT2D eigenvalue weighted by atomic mass is 10.0. The van der Waals surface area contributed by atoms with E-state index in [0.717, 1.165) is 11.3 Å². The average molecular weight is 752 g/mol. The number of ether oxygens (including phenoxy) is 3. The molecule has 2 aliphatic rings. The summed E-state index contributed by atoms with van der Waals surface area (Å²) in [6.45, 7) is 4.89. The number of carbonyl (C=O) groups excluding carboxylic acids is 5. The Morgan fingerprint density at radius 1 is 1.08 bits per heavy atom. The van der Waals surface area contributed by atoms with Crippen LogP contribution in [0.4, 0.5) is 14.7 Å². The number of primary amides is 1. The van der Waals surface area contributed by atoms with Crippen LogP contribution < -0.4 is 16.4 Å². The van der Waals surface area contributed by atoms with E-state index in [2.05, 4.69) is 15.6 Å². The van der Waals surface area contributed by atoms with E-state index in [9.17, 15) is 24.0 Å². The fourth-order valence-corrected chi connectivity index (χ4v) is 7.59. The number of thioether (sulfide) groups is 2. The summed E-state index contributed by atoms with van der Waals surface area (Å²) in [5.41, 5.74) is 6.74. The summed E-state index contributed by atoms with van der Waals surface area (Å²) < 4.78 is 16.4. The van der Waals surface area contributed by atoms with Gasteiger partial charge in [-0.1, -0.05) is 66.7 Å². The van der Waals surface area contributed by atoms with Crippen LogP contribution in [-0.4, -0.2) is 81.2 Å². The standard InChI is InChI=1S/C35H37N5O8S3/c1-35(2,3)48-34(45)39-33-37-24(19-51-33)23(15-16-49-4)28(41)38-25-29(42)40-26(22(17-46-32(36)44)18-50-30(25)40)31(43)47-27(20-11-7-5-8-12-20)21-13-9-6-10-14-21/h5-15,19,25,27,30H,16-18H2,1-4H3,(H2,36,44)(H,38,41)(H,37,39,45)/b23-15-/t25-,30-/m1/s1. The number of nitrogens with two attached hydrogens (primary N) is 1. The predicted molar refractivity (Wildman–Crippen MR) is 197 cm³/mol.